The number of aryl methyl sites for hydroxylation is 1. The predicted octanol–water partition coefficient (Wildman–Crippen LogP) is 2.43. The normalized spacial score (nSPS) is 17.5. The van der Waals surface area contributed by atoms with Crippen molar-refractivity contribution in [3.05, 3.63) is 34.5 Å². The van der Waals surface area contributed by atoms with Crippen molar-refractivity contribution in [1.29, 1.82) is 0 Å². The Labute approximate surface area is 157 Å². The monoisotopic (exact) mass is 375 g/mol. The Morgan fingerprint density at radius 1 is 1.27 bits per heavy atom. The van der Waals surface area contributed by atoms with Crippen molar-refractivity contribution in [3.8, 4) is 0 Å². The largest absolute Gasteiger partial charge is 0.350 e. The first-order chi connectivity index (χ1) is 12.3. The molecule has 0 saturated carbocycles. The van der Waals surface area contributed by atoms with Crippen molar-refractivity contribution < 1.29 is 14.4 Å². The molecule has 1 aromatic heterocycles. The number of hydrogen-bond acceptors (Lipinski definition) is 4. The zero-order valence-electron chi connectivity index (χ0n) is 15.1. The Morgan fingerprint density at radius 3 is 2.65 bits per heavy atom. The number of nitrogens with one attached hydrogen (secondary N) is 1. The molecular weight excluding hydrogens is 354 g/mol. The highest BCUT2D eigenvalue weighted by Crippen LogP contribution is 2.29. The topological polar surface area (TPSA) is 71.4 Å². The number of piperazine rings is 1. The molecule has 0 bridgehead atoms. The van der Waals surface area contributed by atoms with Crippen molar-refractivity contribution >= 4 is 40.0 Å². The lowest BCUT2D eigenvalue weighted by atomic mass is 10.0. The smallest absolute Gasteiger partial charge is 0.255 e. The predicted molar refractivity (Wildman–Crippen MR) is 101 cm³/mol. The maximum atomic E-state index is 13.0. The van der Waals surface area contributed by atoms with E-state index >= 15 is 0 Å². The van der Waals surface area contributed by atoms with E-state index in [9.17, 15) is 14.4 Å². The molecule has 1 aliphatic rings. The van der Waals surface area contributed by atoms with E-state index in [-0.39, 0.29) is 18.4 Å². The van der Waals surface area contributed by atoms with Gasteiger partial charge < -0.3 is 14.8 Å². The fourth-order valence-corrected chi connectivity index (χ4v) is 3.59. The number of nitrogens with zero attached hydrogens (tertiary/aromatic N) is 2. The van der Waals surface area contributed by atoms with Gasteiger partial charge in [-0.3, -0.25) is 14.4 Å². The number of halogens is 1. The van der Waals surface area contributed by atoms with E-state index in [1.807, 2.05) is 6.92 Å². The molecule has 1 atom stereocenters. The number of benzene rings is 1. The van der Waals surface area contributed by atoms with Crippen LogP contribution in [0.25, 0.3) is 10.9 Å². The summed E-state index contributed by atoms with van der Waals surface area (Å²) in [6.07, 6.45) is 1.77. The summed E-state index contributed by atoms with van der Waals surface area (Å²) < 4.78 is 1.75. The maximum Gasteiger partial charge on any atom is 0.255 e. The number of rotatable bonds is 4. The molecular formula is C19H22ClN3O3. The van der Waals surface area contributed by atoms with Crippen molar-refractivity contribution in [1.82, 2.24) is 14.8 Å². The SMILES string of the molecule is CCC(=O)C(=O)c1cn(C)c2cc(Cl)c(C(=O)N3CCNCC3C)cc12. The van der Waals surface area contributed by atoms with Gasteiger partial charge in [-0.25, -0.2) is 0 Å². The van der Waals surface area contributed by atoms with Crippen LogP contribution in [0.15, 0.2) is 18.3 Å². The van der Waals surface area contributed by atoms with E-state index in [2.05, 4.69) is 5.32 Å². The number of carbonyl (C=O) groups is 3. The van der Waals surface area contributed by atoms with Crippen LogP contribution in [-0.4, -0.2) is 52.6 Å². The van der Waals surface area contributed by atoms with Gasteiger partial charge in [0.25, 0.3) is 5.91 Å². The molecule has 2 heterocycles. The van der Waals surface area contributed by atoms with E-state index in [4.69, 9.17) is 11.6 Å². The van der Waals surface area contributed by atoms with Crippen LogP contribution < -0.4 is 5.32 Å². The minimum Gasteiger partial charge on any atom is -0.350 e. The first-order valence-electron chi connectivity index (χ1n) is 8.73. The second-order valence-corrected chi connectivity index (χ2v) is 7.07. The lowest BCUT2D eigenvalue weighted by Crippen LogP contribution is -2.52. The third-order valence-corrected chi connectivity index (χ3v) is 5.20. The van der Waals surface area contributed by atoms with Crippen LogP contribution in [0.4, 0.5) is 0 Å². The van der Waals surface area contributed by atoms with E-state index in [1.54, 1.807) is 41.8 Å². The van der Waals surface area contributed by atoms with Crippen LogP contribution in [0.5, 0.6) is 0 Å². The third kappa shape index (κ3) is 3.15. The molecule has 1 fully saturated rings. The van der Waals surface area contributed by atoms with Gasteiger partial charge >= 0.3 is 0 Å². The van der Waals surface area contributed by atoms with Gasteiger partial charge in [0.2, 0.25) is 11.6 Å². The summed E-state index contributed by atoms with van der Waals surface area (Å²) in [4.78, 5) is 39.1. The molecule has 0 radical (unpaired) electrons. The van der Waals surface area contributed by atoms with Gasteiger partial charge in [-0.2, -0.15) is 0 Å². The fourth-order valence-electron chi connectivity index (χ4n) is 3.36. The van der Waals surface area contributed by atoms with Crippen molar-refractivity contribution in [2.75, 3.05) is 19.6 Å². The Hall–Kier alpha value is -2.18. The van der Waals surface area contributed by atoms with Crippen LogP contribution in [0.1, 0.15) is 41.0 Å². The molecule has 0 spiro atoms. The maximum absolute atomic E-state index is 13.0. The number of carbonyl (C=O) groups excluding carboxylic acids is 3. The summed E-state index contributed by atoms with van der Waals surface area (Å²) in [6, 6.07) is 3.39. The molecule has 2 aromatic rings. The van der Waals surface area contributed by atoms with E-state index < -0.39 is 11.6 Å². The highest BCUT2D eigenvalue weighted by atomic mass is 35.5. The quantitative estimate of drug-likeness (QED) is 0.658. The molecule has 26 heavy (non-hydrogen) atoms. The van der Waals surface area contributed by atoms with Gasteiger partial charge in [0, 0.05) is 50.7 Å². The molecule has 3 rings (SSSR count). The average Bonchev–Trinajstić information content (AvgIpc) is 2.95. The summed E-state index contributed by atoms with van der Waals surface area (Å²) in [5.41, 5.74) is 1.39. The molecule has 6 nitrogen and oxygen atoms in total. The standard InChI is InChI=1S/C19H22ClN3O3/c1-4-17(24)18(25)14-10-22(3)16-8-15(20)13(7-12(14)16)19(26)23-6-5-21-9-11(23)2/h7-8,10-11,21H,4-6,9H2,1-3H3. The summed E-state index contributed by atoms with van der Waals surface area (Å²) in [6.45, 7) is 5.70. The highest BCUT2D eigenvalue weighted by Gasteiger charge is 2.27. The second-order valence-electron chi connectivity index (χ2n) is 6.66. The van der Waals surface area contributed by atoms with E-state index in [0.717, 1.165) is 13.1 Å². The zero-order valence-corrected chi connectivity index (χ0v) is 15.9. The van der Waals surface area contributed by atoms with Crippen molar-refractivity contribution in [3.63, 3.8) is 0 Å². The van der Waals surface area contributed by atoms with Crippen LogP contribution in [-0.2, 0) is 11.8 Å². The highest BCUT2D eigenvalue weighted by molar-refractivity contribution is 6.46. The summed E-state index contributed by atoms with van der Waals surface area (Å²) >= 11 is 6.39. The molecule has 1 unspecified atom stereocenters. The summed E-state index contributed by atoms with van der Waals surface area (Å²) in [7, 11) is 1.78. The van der Waals surface area contributed by atoms with Gasteiger partial charge in [0.05, 0.1) is 21.7 Å². The van der Waals surface area contributed by atoms with E-state index in [1.165, 1.54) is 0 Å². The molecule has 1 N–H and O–H groups in total. The molecule has 1 amide bonds. The van der Waals surface area contributed by atoms with Gasteiger partial charge in [-0.1, -0.05) is 18.5 Å². The lowest BCUT2D eigenvalue weighted by molar-refractivity contribution is -0.114. The average molecular weight is 376 g/mol. The Morgan fingerprint density at radius 2 is 2.00 bits per heavy atom. The molecule has 7 heteroatoms. The third-order valence-electron chi connectivity index (χ3n) is 4.89. The first kappa shape index (κ1) is 18.6. The minimum atomic E-state index is -0.533. The summed E-state index contributed by atoms with van der Waals surface area (Å²) in [5, 5.41) is 4.17. The number of fused-ring (bicyclic) bond motifs is 1. The Balaban J connectivity index is 2.09. The second kappa shape index (κ2) is 7.21. The van der Waals surface area contributed by atoms with Crippen LogP contribution in [0.2, 0.25) is 5.02 Å². The summed E-state index contributed by atoms with van der Waals surface area (Å²) in [5.74, 6) is -1.14. The Kier molecular flexibility index (Phi) is 5.16. The molecule has 1 aliphatic heterocycles. The number of amides is 1. The number of Topliss-reactive ketones (excluding diaryl/α,β-unsaturated/α-hetero) is 2. The minimum absolute atomic E-state index is 0.0570. The van der Waals surface area contributed by atoms with Crippen LogP contribution in [0, 0.1) is 0 Å². The number of aromatic nitrogens is 1. The van der Waals surface area contributed by atoms with Crippen molar-refractivity contribution in [2.24, 2.45) is 7.05 Å². The number of hydrogen-bond donors (Lipinski definition) is 1. The fraction of sp³-hybridized carbons (Fsp3) is 0.421. The van der Waals surface area contributed by atoms with Gasteiger partial charge in [0.15, 0.2) is 0 Å². The van der Waals surface area contributed by atoms with Crippen LogP contribution >= 0.6 is 11.6 Å². The molecule has 1 saturated heterocycles. The molecule has 138 valence electrons. The Bertz CT molecular complexity index is 903. The molecule has 0 aliphatic carbocycles. The first-order valence-corrected chi connectivity index (χ1v) is 9.10. The van der Waals surface area contributed by atoms with Crippen molar-refractivity contribution in [2.45, 2.75) is 26.3 Å². The van der Waals surface area contributed by atoms with Gasteiger partial charge in [-0.05, 0) is 19.1 Å². The zero-order chi connectivity index (χ0) is 19.0. The van der Waals surface area contributed by atoms with Gasteiger partial charge in [0.1, 0.15) is 0 Å². The van der Waals surface area contributed by atoms with Gasteiger partial charge in [-0.15, -0.1) is 0 Å². The van der Waals surface area contributed by atoms with Crippen LogP contribution in [0.3, 0.4) is 0 Å². The van der Waals surface area contributed by atoms with E-state index in [0.29, 0.717) is 33.6 Å². The lowest BCUT2D eigenvalue weighted by Gasteiger charge is -2.34. The molecule has 1 aromatic carbocycles. The number of ketones is 2.